The average Bonchev–Trinajstić information content (AvgIpc) is 3.03. The van der Waals surface area contributed by atoms with E-state index in [1.54, 1.807) is 0 Å². The molecule has 112 valence electrons. The molecule has 0 heterocycles. The molecule has 0 fully saturated rings. The van der Waals surface area contributed by atoms with Crippen LogP contribution in [0.1, 0.15) is 35.7 Å². The Kier molecular flexibility index (Phi) is 3.84. The van der Waals surface area contributed by atoms with Gasteiger partial charge in [-0.3, -0.25) is 4.79 Å². The van der Waals surface area contributed by atoms with Gasteiger partial charge >= 0.3 is 0 Å². The molecule has 0 aliphatic heterocycles. The van der Waals surface area contributed by atoms with Crippen molar-refractivity contribution in [1.82, 2.24) is 4.90 Å². The van der Waals surface area contributed by atoms with Crippen molar-refractivity contribution < 1.29 is 4.79 Å². The van der Waals surface area contributed by atoms with Gasteiger partial charge < -0.3 is 4.90 Å². The minimum Gasteiger partial charge on any atom is -0.378 e. The van der Waals surface area contributed by atoms with Gasteiger partial charge in [0.25, 0.3) is 0 Å². The Balaban J connectivity index is 2.15. The van der Waals surface area contributed by atoms with Crippen molar-refractivity contribution in [3.63, 3.8) is 0 Å². The van der Waals surface area contributed by atoms with E-state index < -0.39 is 0 Å². The van der Waals surface area contributed by atoms with E-state index in [-0.39, 0.29) is 5.78 Å². The number of Topliss-reactive ketones (excluding diaryl/α,β-unsaturated/α-hetero) is 1. The first-order valence-corrected chi connectivity index (χ1v) is 7.74. The summed E-state index contributed by atoms with van der Waals surface area (Å²) < 4.78 is 0. The highest BCUT2D eigenvalue weighted by atomic mass is 16.1. The maximum absolute atomic E-state index is 12.4. The molecule has 22 heavy (non-hydrogen) atoms. The second-order valence-corrected chi connectivity index (χ2v) is 5.92. The zero-order valence-corrected chi connectivity index (χ0v) is 13.4. The fourth-order valence-electron chi connectivity index (χ4n) is 2.94. The Hall–Kier alpha value is -2.35. The molecule has 0 atom stereocenters. The molecule has 2 nitrogen and oxygen atoms in total. The molecule has 0 radical (unpaired) electrons. The van der Waals surface area contributed by atoms with Gasteiger partial charge in [0.15, 0.2) is 5.78 Å². The average molecular weight is 291 g/mol. The van der Waals surface area contributed by atoms with E-state index in [1.165, 1.54) is 16.7 Å². The first-order chi connectivity index (χ1) is 10.6. The number of hydrogen-bond acceptors (Lipinski definition) is 2. The van der Waals surface area contributed by atoms with E-state index in [2.05, 4.69) is 35.3 Å². The van der Waals surface area contributed by atoms with Crippen LogP contribution in [0.3, 0.4) is 0 Å². The largest absolute Gasteiger partial charge is 0.378 e. The van der Waals surface area contributed by atoms with Crippen LogP contribution >= 0.6 is 0 Å². The minimum absolute atomic E-state index is 0.208. The van der Waals surface area contributed by atoms with Crippen molar-refractivity contribution in [2.24, 2.45) is 0 Å². The quantitative estimate of drug-likeness (QED) is 0.763. The molecule has 0 spiro atoms. The van der Waals surface area contributed by atoms with Gasteiger partial charge in [0.05, 0.1) is 0 Å². The summed E-state index contributed by atoms with van der Waals surface area (Å²) in [5.74, 6) is 0.208. The standard InChI is InChI=1S/C20H21NO/c1-4-20(22)19-13-15-8-6-5-7-14(15)12-18(19)16-9-10-17(11-16)21(2)3/h5-8,10-13H,4,9H2,1-3H3. The van der Waals surface area contributed by atoms with Gasteiger partial charge in [-0.05, 0) is 46.5 Å². The van der Waals surface area contributed by atoms with Crippen LogP contribution in [0.5, 0.6) is 0 Å². The molecule has 0 bridgehead atoms. The molecule has 2 aromatic carbocycles. The summed E-state index contributed by atoms with van der Waals surface area (Å²) in [5, 5.41) is 2.31. The van der Waals surface area contributed by atoms with Crippen molar-refractivity contribution in [3.05, 3.63) is 65.4 Å². The smallest absolute Gasteiger partial charge is 0.163 e. The van der Waals surface area contributed by atoms with E-state index in [1.807, 2.05) is 39.2 Å². The number of carbonyl (C=O) groups is 1. The molecule has 0 amide bonds. The third-order valence-corrected chi connectivity index (χ3v) is 4.22. The van der Waals surface area contributed by atoms with E-state index >= 15 is 0 Å². The molecule has 1 aliphatic rings. The second-order valence-electron chi connectivity index (χ2n) is 5.92. The SMILES string of the molecule is CCC(=O)c1cc2ccccc2cc1C1=CC(N(C)C)=CC1. The topological polar surface area (TPSA) is 20.3 Å². The summed E-state index contributed by atoms with van der Waals surface area (Å²) in [6.45, 7) is 1.92. The zero-order chi connectivity index (χ0) is 15.7. The summed E-state index contributed by atoms with van der Waals surface area (Å²) >= 11 is 0. The summed E-state index contributed by atoms with van der Waals surface area (Å²) in [5.41, 5.74) is 4.36. The first kappa shape index (κ1) is 14.6. The number of rotatable bonds is 4. The van der Waals surface area contributed by atoms with Crippen LogP contribution in [0, 0.1) is 0 Å². The van der Waals surface area contributed by atoms with Crippen molar-refractivity contribution in [3.8, 4) is 0 Å². The molecular weight excluding hydrogens is 270 g/mol. The molecule has 2 aromatic rings. The highest BCUT2D eigenvalue weighted by molar-refractivity contribution is 6.05. The second kappa shape index (κ2) is 5.80. The van der Waals surface area contributed by atoms with Crippen molar-refractivity contribution in [2.75, 3.05) is 14.1 Å². The first-order valence-electron chi connectivity index (χ1n) is 7.74. The van der Waals surface area contributed by atoms with Crippen LogP contribution in [0.25, 0.3) is 16.3 Å². The van der Waals surface area contributed by atoms with Crippen LogP contribution in [0.4, 0.5) is 0 Å². The van der Waals surface area contributed by atoms with Crippen LogP contribution < -0.4 is 0 Å². The molecule has 0 N–H and O–H groups in total. The number of hydrogen-bond donors (Lipinski definition) is 0. The fraction of sp³-hybridized carbons (Fsp3) is 0.250. The van der Waals surface area contributed by atoms with Gasteiger partial charge in [-0.25, -0.2) is 0 Å². The van der Waals surface area contributed by atoms with E-state index in [0.717, 1.165) is 22.9 Å². The van der Waals surface area contributed by atoms with Crippen molar-refractivity contribution in [2.45, 2.75) is 19.8 Å². The van der Waals surface area contributed by atoms with Crippen LogP contribution in [0.2, 0.25) is 0 Å². The lowest BCUT2D eigenvalue weighted by atomic mass is 9.92. The molecule has 3 rings (SSSR count). The lowest BCUT2D eigenvalue weighted by molar-refractivity contribution is 0.0988. The third-order valence-electron chi connectivity index (χ3n) is 4.22. The molecule has 2 heteroatoms. The van der Waals surface area contributed by atoms with Gasteiger partial charge in [0.2, 0.25) is 0 Å². The van der Waals surface area contributed by atoms with E-state index in [0.29, 0.717) is 6.42 Å². The van der Waals surface area contributed by atoms with E-state index in [4.69, 9.17) is 0 Å². The van der Waals surface area contributed by atoms with Crippen LogP contribution in [-0.4, -0.2) is 24.8 Å². The predicted octanol–water partition coefficient (Wildman–Crippen LogP) is 4.67. The van der Waals surface area contributed by atoms with Gasteiger partial charge in [-0.15, -0.1) is 0 Å². The number of allylic oxidation sites excluding steroid dienone is 3. The molecule has 0 unspecified atom stereocenters. The Labute approximate surface area is 131 Å². The maximum atomic E-state index is 12.4. The summed E-state index contributed by atoms with van der Waals surface area (Å²) in [7, 11) is 4.09. The minimum atomic E-state index is 0.208. The van der Waals surface area contributed by atoms with Crippen molar-refractivity contribution >= 4 is 22.1 Å². The Bertz CT molecular complexity index is 796. The molecule has 0 saturated heterocycles. The lowest BCUT2D eigenvalue weighted by Gasteiger charge is -2.13. The highest BCUT2D eigenvalue weighted by Crippen LogP contribution is 2.33. The van der Waals surface area contributed by atoms with Crippen molar-refractivity contribution in [1.29, 1.82) is 0 Å². The molecule has 0 aromatic heterocycles. The fourth-order valence-corrected chi connectivity index (χ4v) is 2.94. The third kappa shape index (κ3) is 2.57. The number of fused-ring (bicyclic) bond motifs is 1. The number of nitrogens with zero attached hydrogens (tertiary/aromatic N) is 1. The molecule has 1 aliphatic carbocycles. The van der Waals surface area contributed by atoms with Gasteiger partial charge in [-0.2, -0.15) is 0 Å². The Morgan fingerprint density at radius 2 is 1.82 bits per heavy atom. The van der Waals surface area contributed by atoms with Crippen LogP contribution in [0.15, 0.2) is 54.2 Å². The molecular formula is C20H21NO. The Morgan fingerprint density at radius 3 is 2.41 bits per heavy atom. The maximum Gasteiger partial charge on any atom is 0.163 e. The summed E-state index contributed by atoms with van der Waals surface area (Å²) in [6, 6.07) is 12.4. The number of ketones is 1. The van der Waals surface area contributed by atoms with Gasteiger partial charge in [-0.1, -0.05) is 37.3 Å². The monoisotopic (exact) mass is 291 g/mol. The Morgan fingerprint density at radius 1 is 1.14 bits per heavy atom. The number of likely N-dealkylation sites (N-methyl/N-ethyl adjacent to an activating group) is 1. The number of benzene rings is 2. The van der Waals surface area contributed by atoms with Gasteiger partial charge in [0.1, 0.15) is 0 Å². The zero-order valence-electron chi connectivity index (χ0n) is 13.4. The predicted molar refractivity (Wildman–Crippen MR) is 92.9 cm³/mol. The van der Waals surface area contributed by atoms with Crippen LogP contribution in [-0.2, 0) is 0 Å². The summed E-state index contributed by atoms with van der Waals surface area (Å²) in [6.07, 6.45) is 5.82. The normalized spacial score (nSPS) is 14.0. The lowest BCUT2D eigenvalue weighted by Crippen LogP contribution is -2.07. The number of carbonyl (C=O) groups excluding carboxylic acids is 1. The van der Waals surface area contributed by atoms with E-state index in [9.17, 15) is 4.79 Å². The van der Waals surface area contributed by atoms with Gasteiger partial charge in [0, 0.05) is 31.8 Å². The summed E-state index contributed by atoms with van der Waals surface area (Å²) in [4.78, 5) is 14.5. The molecule has 0 saturated carbocycles. The highest BCUT2D eigenvalue weighted by Gasteiger charge is 2.17.